The molecule has 1 heterocycles. The first-order valence-electron chi connectivity index (χ1n) is 11.1. The molecule has 0 bridgehead atoms. The van der Waals surface area contributed by atoms with E-state index < -0.39 is 29.8 Å². The van der Waals surface area contributed by atoms with Gasteiger partial charge in [-0.15, -0.1) is 6.58 Å². The number of hydrogen-bond donors (Lipinski definition) is 1. The lowest BCUT2D eigenvalue weighted by Gasteiger charge is -2.31. The minimum absolute atomic E-state index is 0.00539. The highest BCUT2D eigenvalue weighted by Gasteiger charge is 2.36. The van der Waals surface area contributed by atoms with Crippen LogP contribution in [0.15, 0.2) is 42.5 Å². The maximum Gasteiger partial charge on any atom is 0.408 e. The largest absolute Gasteiger partial charge is 0.458 e. The van der Waals surface area contributed by atoms with Gasteiger partial charge in [-0.3, -0.25) is 0 Å². The molecule has 1 aliphatic heterocycles. The number of carbonyl (C=O) groups is 2. The summed E-state index contributed by atoms with van der Waals surface area (Å²) in [6.07, 6.45) is -0.140. The van der Waals surface area contributed by atoms with Crippen molar-refractivity contribution in [3.63, 3.8) is 0 Å². The highest BCUT2D eigenvalue weighted by Crippen LogP contribution is 2.23. The minimum atomic E-state index is -0.959. The van der Waals surface area contributed by atoms with E-state index in [1.54, 1.807) is 20.8 Å². The first-order valence-corrected chi connectivity index (χ1v) is 11.1. The second-order valence-electron chi connectivity index (χ2n) is 9.37. The van der Waals surface area contributed by atoms with Crippen LogP contribution in [0.3, 0.4) is 0 Å². The van der Waals surface area contributed by atoms with Crippen molar-refractivity contribution in [1.29, 1.82) is 0 Å². The molecule has 1 aliphatic rings. The lowest BCUT2D eigenvalue weighted by atomic mass is 9.91. The number of nitrogens with one attached hydrogen (secondary N) is 1. The number of ether oxygens (including phenoxy) is 4. The molecular formula is C25H37NO6. The topological polar surface area (TPSA) is 83.1 Å². The Balaban J connectivity index is 2.15. The number of amides is 1. The minimum Gasteiger partial charge on any atom is -0.458 e. The molecule has 0 saturated carbocycles. The summed E-state index contributed by atoms with van der Waals surface area (Å²) in [6, 6.07) is 9.11. The van der Waals surface area contributed by atoms with Crippen molar-refractivity contribution in [2.45, 2.75) is 71.3 Å². The molecule has 2 rings (SSSR count). The van der Waals surface area contributed by atoms with Crippen LogP contribution in [0.5, 0.6) is 0 Å². The molecule has 178 valence electrons. The number of esters is 1. The molecule has 7 nitrogen and oxygen atoms in total. The molecule has 1 amide bonds. The van der Waals surface area contributed by atoms with Crippen molar-refractivity contribution in [2.24, 2.45) is 5.92 Å². The van der Waals surface area contributed by atoms with Gasteiger partial charge < -0.3 is 24.3 Å². The monoisotopic (exact) mass is 447 g/mol. The average Bonchev–Trinajstić information content (AvgIpc) is 2.72. The Labute approximate surface area is 191 Å². The molecule has 0 aromatic heterocycles. The van der Waals surface area contributed by atoms with Crippen molar-refractivity contribution in [3.05, 3.63) is 48.0 Å². The molecular weight excluding hydrogens is 410 g/mol. The third-order valence-electron chi connectivity index (χ3n) is 5.00. The van der Waals surface area contributed by atoms with Crippen molar-refractivity contribution in [2.75, 3.05) is 19.8 Å². The highest BCUT2D eigenvalue weighted by molar-refractivity contribution is 5.81. The van der Waals surface area contributed by atoms with Crippen LogP contribution in [0.25, 0.3) is 0 Å². The van der Waals surface area contributed by atoms with Gasteiger partial charge in [-0.1, -0.05) is 35.9 Å². The number of alkyl carbamates (subject to hydrolysis) is 1. The van der Waals surface area contributed by atoms with Gasteiger partial charge in [0.25, 0.3) is 0 Å². The molecule has 1 aromatic rings. The number of carbonyl (C=O) groups excluding carboxylic acids is 2. The van der Waals surface area contributed by atoms with Crippen molar-refractivity contribution >= 4 is 12.1 Å². The third kappa shape index (κ3) is 9.01. The maximum atomic E-state index is 12.8. The van der Waals surface area contributed by atoms with Gasteiger partial charge in [0, 0.05) is 5.92 Å². The van der Waals surface area contributed by atoms with Gasteiger partial charge in [-0.25, -0.2) is 9.59 Å². The molecule has 4 atom stereocenters. The molecule has 0 radical (unpaired) electrons. The number of benzene rings is 1. The van der Waals surface area contributed by atoms with Crippen molar-refractivity contribution in [3.8, 4) is 0 Å². The predicted octanol–water partition coefficient (Wildman–Crippen LogP) is 4.05. The van der Waals surface area contributed by atoms with Crippen LogP contribution in [0.1, 0.15) is 46.6 Å². The van der Waals surface area contributed by atoms with Gasteiger partial charge in [0.15, 0.2) is 6.04 Å². The summed E-state index contributed by atoms with van der Waals surface area (Å²) < 4.78 is 23.1. The van der Waals surface area contributed by atoms with Gasteiger partial charge in [0.2, 0.25) is 0 Å². The fraction of sp³-hybridized carbons (Fsp3) is 0.600. The summed E-state index contributed by atoms with van der Waals surface area (Å²) in [5, 5.41) is 2.57. The van der Waals surface area contributed by atoms with Crippen molar-refractivity contribution in [1.82, 2.24) is 5.32 Å². The Morgan fingerprint density at radius 1 is 1.22 bits per heavy atom. The van der Waals surface area contributed by atoms with Crippen LogP contribution in [0.4, 0.5) is 4.79 Å². The van der Waals surface area contributed by atoms with E-state index in [4.69, 9.17) is 18.9 Å². The molecule has 1 fully saturated rings. The fourth-order valence-corrected chi connectivity index (χ4v) is 3.50. The first kappa shape index (κ1) is 25.9. The Kier molecular flexibility index (Phi) is 9.72. The summed E-state index contributed by atoms with van der Waals surface area (Å²) >= 11 is 0. The van der Waals surface area contributed by atoms with E-state index in [2.05, 4.69) is 24.0 Å². The predicted molar refractivity (Wildman–Crippen MR) is 122 cm³/mol. The number of rotatable bonds is 7. The van der Waals surface area contributed by atoms with E-state index in [0.717, 1.165) is 17.6 Å². The second kappa shape index (κ2) is 12.0. The van der Waals surface area contributed by atoms with Crippen molar-refractivity contribution < 1.29 is 28.5 Å². The molecule has 0 unspecified atom stereocenters. The molecule has 1 aromatic carbocycles. The lowest BCUT2D eigenvalue weighted by Crippen LogP contribution is -2.47. The van der Waals surface area contributed by atoms with Crippen LogP contribution in [-0.4, -0.2) is 55.7 Å². The third-order valence-corrected chi connectivity index (χ3v) is 5.00. The Morgan fingerprint density at radius 2 is 1.91 bits per heavy atom. The quantitative estimate of drug-likeness (QED) is 0.502. The van der Waals surface area contributed by atoms with Gasteiger partial charge in [0.05, 0.1) is 25.9 Å². The lowest BCUT2D eigenvalue weighted by molar-refractivity contribution is -0.160. The van der Waals surface area contributed by atoms with E-state index in [-0.39, 0.29) is 18.6 Å². The zero-order valence-electron chi connectivity index (χ0n) is 19.9. The van der Waals surface area contributed by atoms with E-state index in [9.17, 15) is 9.59 Å². The van der Waals surface area contributed by atoms with Gasteiger partial charge in [-0.2, -0.15) is 0 Å². The second-order valence-corrected chi connectivity index (χ2v) is 9.37. The SMILES string of the molecule is C=C(C)CCO[C@@H]1[C@@H](Cc2ccccc2)COC[C@H](NC(=O)OC(C)(C)C)C(=O)O[C@H]1C. The first-order chi connectivity index (χ1) is 15.0. The molecule has 32 heavy (non-hydrogen) atoms. The Hall–Kier alpha value is -2.38. The van der Waals surface area contributed by atoms with E-state index in [1.165, 1.54) is 0 Å². The van der Waals surface area contributed by atoms with Gasteiger partial charge >= 0.3 is 12.1 Å². The maximum absolute atomic E-state index is 12.8. The Bertz CT molecular complexity index is 757. The average molecular weight is 448 g/mol. The summed E-state index contributed by atoms with van der Waals surface area (Å²) in [5.74, 6) is -0.609. The Morgan fingerprint density at radius 3 is 2.53 bits per heavy atom. The zero-order chi connectivity index (χ0) is 23.7. The molecule has 1 N–H and O–H groups in total. The summed E-state index contributed by atoms with van der Waals surface area (Å²) in [6.45, 7) is 13.8. The van der Waals surface area contributed by atoms with E-state index in [0.29, 0.717) is 19.6 Å². The van der Waals surface area contributed by atoms with Crippen LogP contribution >= 0.6 is 0 Å². The van der Waals surface area contributed by atoms with E-state index >= 15 is 0 Å². The highest BCUT2D eigenvalue weighted by atomic mass is 16.6. The molecule has 7 heteroatoms. The normalized spacial score (nSPS) is 24.5. The summed E-state index contributed by atoms with van der Waals surface area (Å²) in [5.41, 5.74) is 1.50. The molecule has 0 aliphatic carbocycles. The van der Waals surface area contributed by atoms with E-state index in [1.807, 2.05) is 32.0 Å². The fourth-order valence-electron chi connectivity index (χ4n) is 3.50. The van der Waals surface area contributed by atoms with Crippen LogP contribution in [0, 0.1) is 5.92 Å². The summed E-state index contributed by atoms with van der Waals surface area (Å²) in [4.78, 5) is 25.0. The summed E-state index contributed by atoms with van der Waals surface area (Å²) in [7, 11) is 0. The molecule has 0 spiro atoms. The van der Waals surface area contributed by atoms with Gasteiger partial charge in [0.1, 0.15) is 11.7 Å². The zero-order valence-corrected chi connectivity index (χ0v) is 19.9. The van der Waals surface area contributed by atoms with Crippen LogP contribution < -0.4 is 5.32 Å². The van der Waals surface area contributed by atoms with Crippen LogP contribution in [0.2, 0.25) is 0 Å². The standard InChI is InChI=1S/C25H37NO6/c1-17(2)12-13-30-22-18(3)31-23(27)21(26-24(28)32-25(4,5)6)16-29-15-20(22)14-19-10-8-7-9-11-19/h7-11,18,20-22H,1,12-16H2,2-6H3,(H,26,28)/t18-,20-,21-,22-/m0/s1. The smallest absolute Gasteiger partial charge is 0.408 e. The number of hydrogen-bond acceptors (Lipinski definition) is 6. The number of cyclic esters (lactones) is 1. The van der Waals surface area contributed by atoms with Gasteiger partial charge in [-0.05, 0) is 53.0 Å². The molecule has 1 saturated heterocycles. The van der Waals surface area contributed by atoms with Crippen LogP contribution in [-0.2, 0) is 30.2 Å².